The summed E-state index contributed by atoms with van der Waals surface area (Å²) in [5, 5.41) is 12.1. The summed E-state index contributed by atoms with van der Waals surface area (Å²) >= 11 is 6.11. The molecule has 2 heterocycles. The van der Waals surface area contributed by atoms with Crippen LogP contribution in [0.4, 0.5) is 0 Å². The first-order valence-corrected chi connectivity index (χ1v) is 9.46. The maximum Gasteiger partial charge on any atom is 0.271 e. The molecule has 1 aliphatic rings. The Labute approximate surface area is 163 Å². The van der Waals surface area contributed by atoms with Crippen molar-refractivity contribution < 1.29 is 4.79 Å². The second-order valence-corrected chi connectivity index (χ2v) is 7.52. The number of halogens is 1. The number of amides is 1. The third-order valence-corrected chi connectivity index (χ3v) is 5.61. The number of fused-ring (bicyclic) bond motifs is 1. The standard InChI is InChI=1S/C20H22ClN5O/c1-12-7-8-14(9-13(12)2)26-18-6-4-5-17(15(18)10-23-26)24-20(27)19-16(21)11-22-25(19)3/h7-11,17H,4-6H2,1-3H3,(H,24,27)/t17-/m0/s1. The van der Waals surface area contributed by atoms with E-state index < -0.39 is 0 Å². The van der Waals surface area contributed by atoms with Gasteiger partial charge in [0.05, 0.1) is 29.1 Å². The number of aryl methyl sites for hydroxylation is 3. The SMILES string of the molecule is Cc1ccc(-n2ncc3c2CCC[C@@H]3NC(=O)c2c(Cl)cnn2C)cc1C. The van der Waals surface area contributed by atoms with Crippen LogP contribution >= 0.6 is 11.6 Å². The van der Waals surface area contributed by atoms with Gasteiger partial charge in [-0.1, -0.05) is 17.7 Å². The number of hydrogen-bond acceptors (Lipinski definition) is 3. The number of aromatic nitrogens is 4. The number of benzene rings is 1. The Morgan fingerprint density at radius 3 is 2.74 bits per heavy atom. The first kappa shape index (κ1) is 17.8. The minimum atomic E-state index is -0.211. The summed E-state index contributed by atoms with van der Waals surface area (Å²) in [6, 6.07) is 6.28. The topological polar surface area (TPSA) is 64.7 Å². The van der Waals surface area contributed by atoms with Gasteiger partial charge in [0.2, 0.25) is 0 Å². The van der Waals surface area contributed by atoms with E-state index in [1.807, 2.05) is 10.9 Å². The lowest BCUT2D eigenvalue weighted by molar-refractivity contribution is 0.0923. The highest BCUT2D eigenvalue weighted by Crippen LogP contribution is 2.32. The number of rotatable bonds is 3. The van der Waals surface area contributed by atoms with Crippen LogP contribution in [0.3, 0.4) is 0 Å². The molecule has 0 saturated heterocycles. The second-order valence-electron chi connectivity index (χ2n) is 7.11. The van der Waals surface area contributed by atoms with Gasteiger partial charge in [-0.25, -0.2) is 4.68 Å². The average Bonchev–Trinajstić information content (AvgIpc) is 3.21. The van der Waals surface area contributed by atoms with Gasteiger partial charge in [-0.3, -0.25) is 9.48 Å². The van der Waals surface area contributed by atoms with Crippen molar-refractivity contribution in [2.24, 2.45) is 7.05 Å². The Bertz CT molecular complexity index is 1000. The number of nitrogens with zero attached hydrogens (tertiary/aromatic N) is 4. The van der Waals surface area contributed by atoms with E-state index in [2.05, 4.69) is 47.6 Å². The average molecular weight is 384 g/mol. The molecular weight excluding hydrogens is 362 g/mol. The predicted molar refractivity (Wildman–Crippen MR) is 104 cm³/mol. The van der Waals surface area contributed by atoms with Crippen molar-refractivity contribution in [3.05, 3.63) is 63.7 Å². The van der Waals surface area contributed by atoms with Gasteiger partial charge in [0.15, 0.2) is 0 Å². The third kappa shape index (κ3) is 3.14. The lowest BCUT2D eigenvalue weighted by Crippen LogP contribution is -2.32. The van der Waals surface area contributed by atoms with Crippen molar-refractivity contribution >= 4 is 17.5 Å². The van der Waals surface area contributed by atoms with Crippen LogP contribution in [-0.2, 0) is 13.5 Å². The molecule has 0 aliphatic heterocycles. The molecule has 3 aromatic rings. The summed E-state index contributed by atoms with van der Waals surface area (Å²) in [5.74, 6) is -0.211. The Morgan fingerprint density at radius 1 is 1.22 bits per heavy atom. The van der Waals surface area contributed by atoms with Gasteiger partial charge in [0.1, 0.15) is 5.69 Å². The smallest absolute Gasteiger partial charge is 0.271 e. The normalized spacial score (nSPS) is 16.2. The molecule has 1 N–H and O–H groups in total. The van der Waals surface area contributed by atoms with Crippen LogP contribution in [0, 0.1) is 13.8 Å². The van der Waals surface area contributed by atoms with Gasteiger partial charge in [0, 0.05) is 18.3 Å². The molecule has 1 aromatic carbocycles. The largest absolute Gasteiger partial charge is 0.344 e. The zero-order chi connectivity index (χ0) is 19.1. The molecule has 2 aromatic heterocycles. The monoisotopic (exact) mass is 383 g/mol. The fourth-order valence-electron chi connectivity index (χ4n) is 3.68. The van der Waals surface area contributed by atoms with Gasteiger partial charge in [0.25, 0.3) is 5.91 Å². The molecule has 7 heteroatoms. The number of hydrogen-bond donors (Lipinski definition) is 1. The minimum Gasteiger partial charge on any atom is -0.344 e. The summed E-state index contributed by atoms with van der Waals surface area (Å²) in [7, 11) is 1.71. The molecular formula is C20H22ClN5O. The van der Waals surface area contributed by atoms with Crippen molar-refractivity contribution in [2.75, 3.05) is 0 Å². The first-order valence-electron chi connectivity index (χ1n) is 9.08. The molecule has 0 bridgehead atoms. The molecule has 4 rings (SSSR count). The Hall–Kier alpha value is -2.60. The molecule has 1 atom stereocenters. The maximum absolute atomic E-state index is 12.7. The molecule has 6 nitrogen and oxygen atoms in total. The van der Waals surface area contributed by atoms with Crippen LogP contribution in [0.5, 0.6) is 0 Å². The molecule has 1 amide bonds. The Kier molecular flexibility index (Phi) is 4.52. The van der Waals surface area contributed by atoms with Crippen LogP contribution in [0.1, 0.15) is 51.8 Å². The van der Waals surface area contributed by atoms with Crippen LogP contribution in [-0.4, -0.2) is 25.5 Å². The summed E-state index contributed by atoms with van der Waals surface area (Å²) in [6.45, 7) is 4.21. The molecule has 0 radical (unpaired) electrons. The van der Waals surface area contributed by atoms with Crippen LogP contribution in [0.15, 0.2) is 30.6 Å². The Morgan fingerprint density at radius 2 is 2.04 bits per heavy atom. The quantitative estimate of drug-likeness (QED) is 0.750. The summed E-state index contributed by atoms with van der Waals surface area (Å²) < 4.78 is 3.50. The molecule has 0 saturated carbocycles. The number of carbonyl (C=O) groups is 1. The predicted octanol–water partition coefficient (Wildman–Crippen LogP) is 3.68. The fraction of sp³-hybridized carbons (Fsp3) is 0.350. The highest BCUT2D eigenvalue weighted by Gasteiger charge is 2.28. The molecule has 0 fully saturated rings. The summed E-state index contributed by atoms with van der Waals surface area (Å²) in [4.78, 5) is 12.7. The van der Waals surface area contributed by atoms with Crippen molar-refractivity contribution in [1.29, 1.82) is 0 Å². The molecule has 1 aliphatic carbocycles. The van der Waals surface area contributed by atoms with Gasteiger partial charge >= 0.3 is 0 Å². The highest BCUT2D eigenvalue weighted by molar-refractivity contribution is 6.33. The van der Waals surface area contributed by atoms with E-state index >= 15 is 0 Å². The van der Waals surface area contributed by atoms with E-state index in [9.17, 15) is 4.79 Å². The highest BCUT2D eigenvalue weighted by atomic mass is 35.5. The Balaban J connectivity index is 1.64. The van der Waals surface area contributed by atoms with Crippen molar-refractivity contribution in [2.45, 2.75) is 39.2 Å². The second kappa shape index (κ2) is 6.85. The first-order chi connectivity index (χ1) is 13.0. The van der Waals surface area contributed by atoms with E-state index in [1.54, 1.807) is 7.05 Å². The van der Waals surface area contributed by atoms with E-state index in [0.29, 0.717) is 10.7 Å². The van der Waals surface area contributed by atoms with E-state index in [1.165, 1.54) is 22.0 Å². The lowest BCUT2D eigenvalue weighted by Gasteiger charge is -2.24. The lowest BCUT2D eigenvalue weighted by atomic mass is 9.92. The number of nitrogens with one attached hydrogen (secondary N) is 1. The summed E-state index contributed by atoms with van der Waals surface area (Å²) in [5.41, 5.74) is 6.17. The summed E-state index contributed by atoms with van der Waals surface area (Å²) in [6.07, 6.45) is 6.18. The van der Waals surface area contributed by atoms with E-state index in [0.717, 1.165) is 36.2 Å². The minimum absolute atomic E-state index is 0.0764. The van der Waals surface area contributed by atoms with Gasteiger partial charge in [-0.15, -0.1) is 0 Å². The maximum atomic E-state index is 12.7. The zero-order valence-corrected chi connectivity index (χ0v) is 16.4. The van der Waals surface area contributed by atoms with Gasteiger partial charge < -0.3 is 5.32 Å². The van der Waals surface area contributed by atoms with Crippen molar-refractivity contribution in [1.82, 2.24) is 24.9 Å². The fourth-order valence-corrected chi connectivity index (χ4v) is 3.93. The van der Waals surface area contributed by atoms with Crippen LogP contribution in [0.25, 0.3) is 5.69 Å². The van der Waals surface area contributed by atoms with Gasteiger partial charge in [-0.2, -0.15) is 10.2 Å². The van der Waals surface area contributed by atoms with Crippen molar-refractivity contribution in [3.8, 4) is 5.69 Å². The van der Waals surface area contributed by atoms with Crippen LogP contribution in [0.2, 0.25) is 5.02 Å². The molecule has 0 unspecified atom stereocenters. The molecule has 140 valence electrons. The van der Waals surface area contributed by atoms with E-state index in [-0.39, 0.29) is 11.9 Å². The molecule has 0 spiro atoms. The van der Waals surface area contributed by atoms with E-state index in [4.69, 9.17) is 11.6 Å². The molecule has 27 heavy (non-hydrogen) atoms. The number of carbonyl (C=O) groups excluding carboxylic acids is 1. The van der Waals surface area contributed by atoms with Crippen LogP contribution < -0.4 is 5.32 Å². The van der Waals surface area contributed by atoms with Crippen molar-refractivity contribution in [3.63, 3.8) is 0 Å². The van der Waals surface area contributed by atoms with Gasteiger partial charge in [-0.05, 0) is 56.4 Å². The third-order valence-electron chi connectivity index (χ3n) is 5.33. The zero-order valence-electron chi connectivity index (χ0n) is 15.7.